The van der Waals surface area contributed by atoms with Crippen molar-refractivity contribution < 1.29 is 9.32 Å². The van der Waals surface area contributed by atoms with Gasteiger partial charge in [-0.25, -0.2) is 0 Å². The van der Waals surface area contributed by atoms with E-state index in [0.717, 1.165) is 25.2 Å². The third kappa shape index (κ3) is 3.71. The molecule has 0 saturated carbocycles. The molecule has 2 aromatic rings. The summed E-state index contributed by atoms with van der Waals surface area (Å²) >= 11 is 0. The van der Waals surface area contributed by atoms with Crippen LogP contribution in [0.15, 0.2) is 28.8 Å². The zero-order chi connectivity index (χ0) is 15.4. The van der Waals surface area contributed by atoms with Crippen LogP contribution in [0.25, 0.3) is 11.4 Å². The minimum absolute atomic E-state index is 0.0273. The summed E-state index contributed by atoms with van der Waals surface area (Å²) in [6.07, 6.45) is 3.87. The number of carbonyl (C=O) groups excluding carboxylic acids is 1. The van der Waals surface area contributed by atoms with Gasteiger partial charge in [0.2, 0.25) is 17.6 Å². The minimum Gasteiger partial charge on any atom is -0.369 e. The molecule has 3 rings (SSSR count). The number of rotatable bonds is 5. The van der Waals surface area contributed by atoms with Gasteiger partial charge >= 0.3 is 0 Å². The molecule has 1 aromatic heterocycles. The van der Waals surface area contributed by atoms with Gasteiger partial charge in [0.05, 0.1) is 0 Å². The first-order valence-electron chi connectivity index (χ1n) is 7.63. The maximum Gasteiger partial charge on any atom is 0.236 e. The molecule has 1 saturated heterocycles. The van der Waals surface area contributed by atoms with Crippen LogP contribution in [0.3, 0.4) is 0 Å². The first kappa shape index (κ1) is 14.7. The number of amides is 1. The van der Waals surface area contributed by atoms with Crippen molar-refractivity contribution in [2.75, 3.05) is 13.1 Å². The minimum atomic E-state index is -0.478. The monoisotopic (exact) mass is 300 g/mol. The maximum absolute atomic E-state index is 10.9. The molecule has 0 bridgehead atoms. The number of nitrogens with zero attached hydrogens (tertiary/aromatic N) is 3. The number of piperidine rings is 1. The van der Waals surface area contributed by atoms with Gasteiger partial charge in [0.25, 0.3) is 0 Å². The van der Waals surface area contributed by atoms with Gasteiger partial charge in [-0.3, -0.25) is 9.69 Å². The molecule has 0 unspecified atom stereocenters. The van der Waals surface area contributed by atoms with Gasteiger partial charge in [-0.05, 0) is 37.6 Å². The molecule has 0 radical (unpaired) electrons. The molecule has 6 heteroatoms. The highest BCUT2D eigenvalue weighted by Crippen LogP contribution is 2.19. The van der Waals surface area contributed by atoms with Crippen molar-refractivity contribution in [3.8, 4) is 11.4 Å². The number of nitrogens with two attached hydrogens (primary N) is 1. The lowest BCUT2D eigenvalue weighted by molar-refractivity contribution is -0.117. The Kier molecular flexibility index (Phi) is 4.48. The lowest BCUT2D eigenvalue weighted by Crippen LogP contribution is -2.29. The smallest absolute Gasteiger partial charge is 0.236 e. The van der Waals surface area contributed by atoms with Crippen LogP contribution in [0.1, 0.15) is 30.7 Å². The van der Waals surface area contributed by atoms with Gasteiger partial charge < -0.3 is 10.3 Å². The number of primary amides is 1. The molecule has 22 heavy (non-hydrogen) atoms. The molecule has 0 atom stereocenters. The number of hydrogen-bond acceptors (Lipinski definition) is 5. The quantitative estimate of drug-likeness (QED) is 0.909. The molecule has 0 spiro atoms. The Morgan fingerprint density at radius 3 is 2.86 bits per heavy atom. The Balaban J connectivity index is 1.72. The zero-order valence-corrected chi connectivity index (χ0v) is 12.5. The van der Waals surface area contributed by atoms with Crippen molar-refractivity contribution in [1.82, 2.24) is 15.0 Å². The van der Waals surface area contributed by atoms with Crippen LogP contribution in [0, 0.1) is 0 Å². The lowest BCUT2D eigenvalue weighted by Gasteiger charge is -2.26. The predicted octanol–water partition coefficient (Wildman–Crippen LogP) is 1.75. The van der Waals surface area contributed by atoms with E-state index in [1.165, 1.54) is 24.8 Å². The Bertz CT molecular complexity index is 647. The number of aromatic nitrogens is 2. The van der Waals surface area contributed by atoms with E-state index >= 15 is 0 Å². The molecular formula is C16H20N4O2. The standard InChI is InChI=1S/C16H20N4O2/c17-14(21)10-15-18-16(19-22-15)13-6-4-5-12(9-13)11-20-7-2-1-3-8-20/h4-6,9H,1-3,7-8,10-11H2,(H2,17,21). The zero-order valence-electron chi connectivity index (χ0n) is 12.5. The number of likely N-dealkylation sites (tertiary alicyclic amines) is 1. The summed E-state index contributed by atoms with van der Waals surface area (Å²) in [7, 11) is 0. The van der Waals surface area contributed by atoms with Crippen LogP contribution in [0.5, 0.6) is 0 Å². The first-order chi connectivity index (χ1) is 10.7. The van der Waals surface area contributed by atoms with E-state index in [1.54, 1.807) is 0 Å². The Morgan fingerprint density at radius 1 is 1.27 bits per heavy atom. The van der Waals surface area contributed by atoms with Crippen molar-refractivity contribution in [2.24, 2.45) is 5.73 Å². The number of carbonyl (C=O) groups is 1. The second kappa shape index (κ2) is 6.70. The number of hydrogen-bond donors (Lipinski definition) is 1. The average molecular weight is 300 g/mol. The van der Waals surface area contributed by atoms with E-state index < -0.39 is 5.91 Å². The second-order valence-electron chi connectivity index (χ2n) is 5.69. The van der Waals surface area contributed by atoms with Gasteiger partial charge in [-0.1, -0.05) is 29.8 Å². The lowest BCUT2D eigenvalue weighted by atomic mass is 10.1. The molecule has 0 aliphatic carbocycles. The topological polar surface area (TPSA) is 85.3 Å². The van der Waals surface area contributed by atoms with E-state index in [0.29, 0.717) is 5.82 Å². The van der Waals surface area contributed by atoms with Crippen LogP contribution < -0.4 is 5.73 Å². The van der Waals surface area contributed by atoms with Crippen molar-refractivity contribution in [3.63, 3.8) is 0 Å². The summed E-state index contributed by atoms with van der Waals surface area (Å²) < 4.78 is 5.05. The molecule has 1 amide bonds. The molecule has 2 N–H and O–H groups in total. The fourth-order valence-electron chi connectivity index (χ4n) is 2.78. The predicted molar refractivity (Wildman–Crippen MR) is 81.8 cm³/mol. The summed E-state index contributed by atoms with van der Waals surface area (Å²) in [6, 6.07) is 8.13. The first-order valence-corrected chi connectivity index (χ1v) is 7.63. The SMILES string of the molecule is NC(=O)Cc1nc(-c2cccc(CN3CCCCC3)c2)no1. The average Bonchev–Trinajstić information content (AvgIpc) is 2.96. The molecule has 1 fully saturated rings. The third-order valence-corrected chi connectivity index (χ3v) is 3.83. The molecule has 1 aromatic carbocycles. The van der Waals surface area contributed by atoms with E-state index in [1.807, 2.05) is 12.1 Å². The highest BCUT2D eigenvalue weighted by molar-refractivity contribution is 5.75. The van der Waals surface area contributed by atoms with Gasteiger partial charge in [-0.15, -0.1) is 0 Å². The van der Waals surface area contributed by atoms with Gasteiger partial charge in [0, 0.05) is 12.1 Å². The van der Waals surface area contributed by atoms with E-state index in [-0.39, 0.29) is 12.3 Å². The van der Waals surface area contributed by atoms with Crippen molar-refractivity contribution in [3.05, 3.63) is 35.7 Å². The van der Waals surface area contributed by atoms with Gasteiger partial charge in [0.15, 0.2) is 0 Å². The van der Waals surface area contributed by atoms with E-state index in [2.05, 4.69) is 27.2 Å². The molecule has 116 valence electrons. The highest BCUT2D eigenvalue weighted by atomic mass is 16.5. The van der Waals surface area contributed by atoms with Gasteiger partial charge in [0.1, 0.15) is 6.42 Å². The Labute approximate surface area is 129 Å². The summed E-state index contributed by atoms with van der Waals surface area (Å²) in [4.78, 5) is 17.6. The highest BCUT2D eigenvalue weighted by Gasteiger charge is 2.13. The van der Waals surface area contributed by atoms with Crippen LogP contribution >= 0.6 is 0 Å². The summed E-state index contributed by atoms with van der Waals surface area (Å²) in [5, 5.41) is 3.92. The largest absolute Gasteiger partial charge is 0.369 e. The fraction of sp³-hybridized carbons (Fsp3) is 0.438. The van der Waals surface area contributed by atoms with Crippen LogP contribution in [-0.2, 0) is 17.8 Å². The summed E-state index contributed by atoms with van der Waals surface area (Å²) in [6.45, 7) is 3.27. The second-order valence-corrected chi connectivity index (χ2v) is 5.69. The van der Waals surface area contributed by atoms with E-state index in [4.69, 9.17) is 10.3 Å². The summed E-state index contributed by atoms with van der Waals surface area (Å²) in [5.74, 6) is 0.273. The van der Waals surface area contributed by atoms with Crippen molar-refractivity contribution in [2.45, 2.75) is 32.2 Å². The third-order valence-electron chi connectivity index (χ3n) is 3.83. The molecule has 6 nitrogen and oxygen atoms in total. The van der Waals surface area contributed by atoms with Crippen molar-refractivity contribution >= 4 is 5.91 Å². The number of benzene rings is 1. The maximum atomic E-state index is 10.9. The van der Waals surface area contributed by atoms with Crippen LogP contribution in [0.4, 0.5) is 0 Å². The molecule has 1 aliphatic rings. The molecule has 1 aliphatic heterocycles. The fourth-order valence-corrected chi connectivity index (χ4v) is 2.78. The van der Waals surface area contributed by atoms with Crippen molar-refractivity contribution in [1.29, 1.82) is 0 Å². The van der Waals surface area contributed by atoms with Crippen LogP contribution in [0.2, 0.25) is 0 Å². The Hall–Kier alpha value is -2.21. The normalized spacial score (nSPS) is 15.8. The van der Waals surface area contributed by atoms with E-state index in [9.17, 15) is 4.79 Å². The molecule has 2 heterocycles. The molecular weight excluding hydrogens is 280 g/mol. The van der Waals surface area contributed by atoms with Gasteiger partial charge in [-0.2, -0.15) is 4.98 Å². The van der Waals surface area contributed by atoms with Crippen LogP contribution in [-0.4, -0.2) is 34.0 Å². The Morgan fingerprint density at radius 2 is 2.09 bits per heavy atom. The summed E-state index contributed by atoms with van der Waals surface area (Å²) in [5.41, 5.74) is 7.26.